The molecule has 25 heavy (non-hydrogen) atoms. The minimum absolute atomic E-state index is 0.460. The quantitative estimate of drug-likeness (QED) is 0.832. The zero-order valence-corrected chi connectivity index (χ0v) is 14.2. The summed E-state index contributed by atoms with van der Waals surface area (Å²) >= 11 is 0. The number of methoxy groups -OCH3 is 2. The van der Waals surface area contributed by atoms with Crippen LogP contribution in [0.1, 0.15) is 29.8 Å². The summed E-state index contributed by atoms with van der Waals surface area (Å²) < 4.78 is 50.5. The monoisotopic (exact) mass is 353 g/mol. The predicted octanol–water partition coefficient (Wildman–Crippen LogP) is 3.79. The maximum atomic E-state index is 13.8. The lowest BCUT2D eigenvalue weighted by molar-refractivity contribution is 0.0906. The molecule has 0 aromatic heterocycles. The number of carbonyl (C=O) groups is 1. The Morgan fingerprint density at radius 3 is 2.20 bits per heavy atom. The first-order chi connectivity index (χ1) is 11.7. The molecule has 2 rings (SSSR count). The molecule has 2 aromatic carbocycles. The third-order valence-electron chi connectivity index (χ3n) is 3.81. The molecule has 2 aromatic rings. The van der Waals surface area contributed by atoms with Crippen molar-refractivity contribution < 1.29 is 27.4 Å². The first kappa shape index (κ1) is 18.6. The first-order valence-corrected chi connectivity index (χ1v) is 7.39. The third-order valence-corrected chi connectivity index (χ3v) is 3.81. The van der Waals surface area contributed by atoms with Crippen molar-refractivity contribution in [2.24, 2.45) is 0 Å². The largest absolute Gasteiger partial charge is 0.493 e. The number of ether oxygens (including phenoxy) is 2. The molecule has 0 bridgehead atoms. The van der Waals surface area contributed by atoms with Crippen LogP contribution in [0.2, 0.25) is 0 Å². The summed E-state index contributed by atoms with van der Waals surface area (Å²) in [5, 5.41) is 2.60. The summed E-state index contributed by atoms with van der Waals surface area (Å²) in [7, 11) is 2.97. The number of nitrogens with one attached hydrogen (secondary N) is 1. The Bertz CT molecular complexity index is 806. The van der Waals surface area contributed by atoms with Crippen LogP contribution in [0.4, 0.5) is 13.2 Å². The highest BCUT2D eigenvalue weighted by molar-refractivity contribution is 5.95. The van der Waals surface area contributed by atoms with Crippen molar-refractivity contribution in [1.82, 2.24) is 5.32 Å². The van der Waals surface area contributed by atoms with Crippen molar-refractivity contribution in [3.8, 4) is 11.5 Å². The highest BCUT2D eigenvalue weighted by Gasteiger charge is 2.27. The van der Waals surface area contributed by atoms with E-state index in [1.807, 2.05) is 0 Å². The van der Waals surface area contributed by atoms with Gasteiger partial charge in [0.1, 0.15) is 0 Å². The number of hydrogen-bond acceptors (Lipinski definition) is 3. The molecular formula is C18H18F3NO3. The zero-order valence-electron chi connectivity index (χ0n) is 14.2. The van der Waals surface area contributed by atoms with E-state index >= 15 is 0 Å². The van der Waals surface area contributed by atoms with Gasteiger partial charge >= 0.3 is 0 Å². The number of amides is 1. The Labute approximate surface area is 143 Å². The molecule has 1 N–H and O–H groups in total. The zero-order chi connectivity index (χ0) is 18.8. The minimum atomic E-state index is -1.68. The molecule has 0 unspecified atom stereocenters. The second-order valence-corrected chi connectivity index (χ2v) is 5.87. The third kappa shape index (κ3) is 3.70. The van der Waals surface area contributed by atoms with Gasteiger partial charge in [-0.2, -0.15) is 0 Å². The summed E-state index contributed by atoms with van der Waals surface area (Å²) in [6.45, 7) is 3.37. The average molecular weight is 353 g/mol. The lowest BCUT2D eigenvalue weighted by atomic mass is 9.93. The van der Waals surface area contributed by atoms with Crippen molar-refractivity contribution in [2.45, 2.75) is 19.4 Å². The van der Waals surface area contributed by atoms with Gasteiger partial charge in [0.2, 0.25) is 0 Å². The Morgan fingerprint density at radius 2 is 1.60 bits per heavy atom. The highest BCUT2D eigenvalue weighted by atomic mass is 19.2. The van der Waals surface area contributed by atoms with Crippen molar-refractivity contribution in [3.63, 3.8) is 0 Å². The Kier molecular flexibility index (Phi) is 5.25. The van der Waals surface area contributed by atoms with E-state index in [4.69, 9.17) is 9.47 Å². The van der Waals surface area contributed by atoms with Crippen LogP contribution in [0.5, 0.6) is 11.5 Å². The lowest BCUT2D eigenvalue weighted by Gasteiger charge is -2.28. The molecule has 0 aliphatic heterocycles. The van der Waals surface area contributed by atoms with E-state index in [2.05, 4.69) is 5.32 Å². The Morgan fingerprint density at radius 1 is 0.960 bits per heavy atom. The normalized spacial score (nSPS) is 11.2. The molecule has 7 heteroatoms. The van der Waals surface area contributed by atoms with E-state index in [0.717, 1.165) is 6.07 Å². The van der Waals surface area contributed by atoms with E-state index < -0.39 is 34.5 Å². The molecule has 134 valence electrons. The Hall–Kier alpha value is -2.70. The van der Waals surface area contributed by atoms with E-state index in [1.165, 1.54) is 14.2 Å². The molecule has 0 saturated heterocycles. The van der Waals surface area contributed by atoms with Gasteiger partial charge in [-0.25, -0.2) is 13.2 Å². The van der Waals surface area contributed by atoms with Crippen LogP contribution in [0.15, 0.2) is 30.3 Å². The maximum Gasteiger partial charge on any atom is 0.255 e. The molecule has 0 aliphatic rings. The number of hydrogen-bond donors (Lipinski definition) is 1. The summed E-state index contributed by atoms with van der Waals surface area (Å²) in [5.74, 6) is -4.46. The maximum absolute atomic E-state index is 13.8. The second kappa shape index (κ2) is 7.04. The van der Waals surface area contributed by atoms with Crippen LogP contribution >= 0.6 is 0 Å². The fourth-order valence-electron chi connectivity index (χ4n) is 2.35. The Balaban J connectivity index is 2.32. The predicted molar refractivity (Wildman–Crippen MR) is 86.4 cm³/mol. The summed E-state index contributed by atoms with van der Waals surface area (Å²) in [6, 6.07) is 6.65. The van der Waals surface area contributed by atoms with Gasteiger partial charge in [-0.3, -0.25) is 4.79 Å². The number of halogens is 3. The van der Waals surface area contributed by atoms with Gasteiger partial charge in [-0.15, -0.1) is 0 Å². The van der Waals surface area contributed by atoms with Crippen molar-refractivity contribution in [1.29, 1.82) is 0 Å². The average Bonchev–Trinajstić information content (AvgIpc) is 2.58. The molecular weight excluding hydrogens is 335 g/mol. The fourth-order valence-corrected chi connectivity index (χ4v) is 2.35. The molecule has 0 radical (unpaired) electrons. The van der Waals surface area contributed by atoms with Gasteiger partial charge in [0.25, 0.3) is 5.91 Å². The molecule has 1 amide bonds. The minimum Gasteiger partial charge on any atom is -0.493 e. The standard InChI is InChI=1S/C18H18F3NO3/c1-18(2,10-5-8-13(24-3)14(9-10)25-4)22-17(23)11-6-7-12(19)16(21)15(11)20/h5-9H,1-4H3,(H,22,23). The lowest BCUT2D eigenvalue weighted by Crippen LogP contribution is -2.41. The molecule has 0 aliphatic carbocycles. The van der Waals surface area contributed by atoms with Crippen LogP contribution in [0.25, 0.3) is 0 Å². The van der Waals surface area contributed by atoms with E-state index in [-0.39, 0.29) is 0 Å². The van der Waals surface area contributed by atoms with Crippen LogP contribution < -0.4 is 14.8 Å². The van der Waals surface area contributed by atoms with E-state index in [0.29, 0.717) is 23.1 Å². The van der Waals surface area contributed by atoms with Crippen molar-refractivity contribution in [2.75, 3.05) is 14.2 Å². The summed E-state index contributed by atoms with van der Waals surface area (Å²) in [4.78, 5) is 12.3. The highest BCUT2D eigenvalue weighted by Crippen LogP contribution is 2.32. The topological polar surface area (TPSA) is 47.6 Å². The van der Waals surface area contributed by atoms with Crippen molar-refractivity contribution >= 4 is 5.91 Å². The fraction of sp³-hybridized carbons (Fsp3) is 0.278. The SMILES string of the molecule is COc1ccc(C(C)(C)NC(=O)c2ccc(F)c(F)c2F)cc1OC. The molecule has 0 heterocycles. The van der Waals surface area contributed by atoms with Gasteiger partial charge in [0.05, 0.1) is 25.3 Å². The molecule has 0 fully saturated rings. The van der Waals surface area contributed by atoms with E-state index in [9.17, 15) is 18.0 Å². The van der Waals surface area contributed by atoms with Crippen LogP contribution in [0, 0.1) is 17.5 Å². The molecule has 4 nitrogen and oxygen atoms in total. The smallest absolute Gasteiger partial charge is 0.255 e. The first-order valence-electron chi connectivity index (χ1n) is 7.39. The molecule has 0 saturated carbocycles. The number of benzene rings is 2. The number of carbonyl (C=O) groups excluding carboxylic acids is 1. The van der Waals surface area contributed by atoms with Crippen LogP contribution in [-0.2, 0) is 5.54 Å². The number of rotatable bonds is 5. The molecule has 0 atom stereocenters. The van der Waals surface area contributed by atoms with Crippen LogP contribution in [-0.4, -0.2) is 20.1 Å². The molecule has 0 spiro atoms. The van der Waals surface area contributed by atoms with E-state index in [1.54, 1.807) is 32.0 Å². The van der Waals surface area contributed by atoms with Gasteiger partial charge in [0.15, 0.2) is 29.0 Å². The van der Waals surface area contributed by atoms with Gasteiger partial charge in [0, 0.05) is 0 Å². The van der Waals surface area contributed by atoms with Gasteiger partial charge in [-0.05, 0) is 43.7 Å². The van der Waals surface area contributed by atoms with Gasteiger partial charge in [-0.1, -0.05) is 6.07 Å². The van der Waals surface area contributed by atoms with Gasteiger partial charge < -0.3 is 14.8 Å². The van der Waals surface area contributed by atoms with Crippen LogP contribution in [0.3, 0.4) is 0 Å². The summed E-state index contributed by atoms with van der Waals surface area (Å²) in [6.07, 6.45) is 0. The van der Waals surface area contributed by atoms with Crippen molar-refractivity contribution in [3.05, 3.63) is 58.9 Å². The summed E-state index contributed by atoms with van der Waals surface area (Å²) in [5.41, 5.74) is -0.859. The second-order valence-electron chi connectivity index (χ2n) is 5.87.